The maximum Gasteiger partial charge on any atom is 0.338 e. The van der Waals surface area contributed by atoms with E-state index in [4.69, 9.17) is 9.47 Å². The van der Waals surface area contributed by atoms with E-state index in [0.29, 0.717) is 17.5 Å². The summed E-state index contributed by atoms with van der Waals surface area (Å²) in [5.41, 5.74) is 2.73. The number of benzene rings is 2. The average molecular weight is 513 g/mol. The van der Waals surface area contributed by atoms with Crippen molar-refractivity contribution in [1.29, 1.82) is 0 Å². The Morgan fingerprint density at radius 1 is 0.947 bits per heavy atom. The third-order valence-corrected chi connectivity index (χ3v) is 8.96. The molecule has 0 saturated heterocycles. The first-order valence-electron chi connectivity index (χ1n) is 13.6. The first kappa shape index (κ1) is 27.6. The highest BCUT2D eigenvalue weighted by Gasteiger charge is 2.61. The average Bonchev–Trinajstić information content (AvgIpc) is 2.90. The van der Waals surface area contributed by atoms with Crippen molar-refractivity contribution in [3.63, 3.8) is 0 Å². The summed E-state index contributed by atoms with van der Waals surface area (Å²) in [6, 6.07) is 18.0. The van der Waals surface area contributed by atoms with Crippen LogP contribution in [0.2, 0.25) is 0 Å². The molecule has 2 aromatic rings. The van der Waals surface area contributed by atoms with Gasteiger partial charge in [-0.2, -0.15) is 0 Å². The lowest BCUT2D eigenvalue weighted by atomic mass is 9.46. The Bertz CT molecular complexity index is 1210. The smallest absolute Gasteiger partial charge is 0.338 e. The van der Waals surface area contributed by atoms with Gasteiger partial charge >= 0.3 is 11.9 Å². The van der Waals surface area contributed by atoms with Gasteiger partial charge in [0, 0.05) is 5.41 Å². The summed E-state index contributed by atoms with van der Waals surface area (Å²) in [4.78, 5) is 26.6. The van der Waals surface area contributed by atoms with Crippen LogP contribution in [0.5, 0.6) is 0 Å². The van der Waals surface area contributed by atoms with Crippen molar-refractivity contribution >= 4 is 11.9 Å². The van der Waals surface area contributed by atoms with Gasteiger partial charge in [-0.05, 0) is 74.1 Å². The normalized spacial score (nSPS) is 28.6. The number of allylic oxidation sites excluding steroid dienone is 4. The van der Waals surface area contributed by atoms with Gasteiger partial charge < -0.3 is 9.47 Å². The zero-order chi connectivity index (χ0) is 27.5. The van der Waals surface area contributed by atoms with E-state index in [9.17, 15) is 9.59 Å². The lowest BCUT2D eigenvalue weighted by Gasteiger charge is -2.61. The van der Waals surface area contributed by atoms with Crippen LogP contribution in [0.25, 0.3) is 0 Å². The first-order chi connectivity index (χ1) is 18.1. The highest BCUT2D eigenvalue weighted by molar-refractivity contribution is 5.90. The summed E-state index contributed by atoms with van der Waals surface area (Å²) in [6.45, 7) is 17.1. The molecule has 0 unspecified atom stereocenters. The highest BCUT2D eigenvalue weighted by Crippen LogP contribution is 2.62. The third kappa shape index (κ3) is 5.41. The minimum atomic E-state index is -0.593. The summed E-state index contributed by atoms with van der Waals surface area (Å²) in [5, 5.41) is 0. The Balaban J connectivity index is 1.72. The number of rotatable bonds is 7. The fourth-order valence-corrected chi connectivity index (χ4v) is 6.96. The number of ether oxygens (including phenoxy) is 2. The van der Waals surface area contributed by atoms with Crippen molar-refractivity contribution < 1.29 is 19.1 Å². The zero-order valence-electron chi connectivity index (χ0n) is 23.1. The molecule has 0 aliphatic heterocycles. The van der Waals surface area contributed by atoms with Crippen molar-refractivity contribution in [2.75, 3.05) is 0 Å². The summed E-state index contributed by atoms with van der Waals surface area (Å²) < 4.78 is 12.5. The molecule has 0 heterocycles. The summed E-state index contributed by atoms with van der Waals surface area (Å²) in [6.07, 6.45) is 6.27. The summed E-state index contributed by atoms with van der Waals surface area (Å²) >= 11 is 0. The molecule has 200 valence electrons. The number of carbonyl (C=O) groups excluding carboxylic acids is 2. The molecule has 0 amide bonds. The summed E-state index contributed by atoms with van der Waals surface area (Å²) in [5.74, 6) is -0.320. The van der Waals surface area contributed by atoms with Crippen molar-refractivity contribution in [2.24, 2.45) is 22.7 Å². The van der Waals surface area contributed by atoms with E-state index in [0.717, 1.165) is 24.8 Å². The summed E-state index contributed by atoms with van der Waals surface area (Å²) in [7, 11) is 0. The second kappa shape index (κ2) is 11.1. The van der Waals surface area contributed by atoms with Crippen molar-refractivity contribution in [1.82, 2.24) is 0 Å². The van der Waals surface area contributed by atoms with E-state index in [1.54, 1.807) is 24.3 Å². The quantitative estimate of drug-likeness (QED) is 0.214. The van der Waals surface area contributed by atoms with Crippen molar-refractivity contribution in [3.8, 4) is 0 Å². The van der Waals surface area contributed by atoms with Gasteiger partial charge in [-0.3, -0.25) is 0 Å². The molecule has 2 aliphatic rings. The van der Waals surface area contributed by atoms with Gasteiger partial charge in [-0.25, -0.2) is 9.59 Å². The molecule has 2 fully saturated rings. The van der Waals surface area contributed by atoms with Crippen LogP contribution in [-0.2, 0) is 9.47 Å². The van der Waals surface area contributed by atoms with Gasteiger partial charge in [-0.15, -0.1) is 0 Å². The van der Waals surface area contributed by atoms with Gasteiger partial charge in [0.15, 0.2) is 0 Å². The van der Waals surface area contributed by atoms with Crippen LogP contribution in [0.15, 0.2) is 97.1 Å². The Morgan fingerprint density at radius 3 is 2.05 bits per heavy atom. The minimum absolute atomic E-state index is 0.186. The maximum atomic E-state index is 13.3. The molecule has 4 rings (SSSR count). The molecule has 0 bridgehead atoms. The molecule has 0 spiro atoms. The maximum absolute atomic E-state index is 13.3. The van der Waals surface area contributed by atoms with Crippen LogP contribution in [-0.4, -0.2) is 24.1 Å². The Labute approximate surface area is 227 Å². The van der Waals surface area contributed by atoms with Crippen molar-refractivity contribution in [3.05, 3.63) is 108 Å². The first-order valence-corrected chi connectivity index (χ1v) is 13.6. The predicted octanol–water partition coefficient (Wildman–Crippen LogP) is 7.98. The molecule has 2 aromatic carbocycles. The minimum Gasteiger partial charge on any atom is -0.455 e. The molecule has 2 aliphatic carbocycles. The predicted molar refractivity (Wildman–Crippen MR) is 152 cm³/mol. The number of carbonyl (C=O) groups is 2. The van der Waals surface area contributed by atoms with Gasteiger partial charge in [0.25, 0.3) is 0 Å². The Morgan fingerprint density at radius 2 is 1.50 bits per heavy atom. The fraction of sp³-hybridized carbons (Fsp3) is 0.412. The van der Waals surface area contributed by atoms with Gasteiger partial charge in [0.2, 0.25) is 0 Å². The van der Waals surface area contributed by atoms with E-state index in [1.165, 1.54) is 5.57 Å². The van der Waals surface area contributed by atoms with E-state index in [-0.39, 0.29) is 17.3 Å². The van der Waals surface area contributed by atoms with E-state index >= 15 is 0 Å². The van der Waals surface area contributed by atoms with Gasteiger partial charge in [-0.1, -0.05) is 93.6 Å². The lowest BCUT2D eigenvalue weighted by molar-refractivity contribution is -0.182. The molecular weight excluding hydrogens is 472 g/mol. The molecule has 0 N–H and O–H groups in total. The standard InChI is InChI=1S/C34H40O4/c1-7-23(2)18-20-27-24(3)19-21-29-33(4,5)30(38-32(36)26-16-12-9-13-17-26)28(22-34(27,29)6)37-31(35)25-14-10-8-11-15-25/h7-18,27-30H,1,3,19-22H2,2,4-6H3/b23-18-/t27-,28+,29-,30-,34+/m1/s1. The van der Waals surface area contributed by atoms with Crippen LogP contribution in [0.3, 0.4) is 0 Å². The fourth-order valence-electron chi connectivity index (χ4n) is 6.96. The number of hydrogen-bond donors (Lipinski definition) is 0. The van der Waals surface area contributed by atoms with Gasteiger partial charge in [0.1, 0.15) is 12.2 Å². The SMILES string of the molecule is C=C/C(C)=C\C[C@@H]1C(=C)CC[C@@H]2C(C)(C)[C@H](OC(=O)c3ccccc3)[C@@H](OC(=O)c3ccccc3)C[C@@]12C. The molecule has 38 heavy (non-hydrogen) atoms. The zero-order valence-corrected chi connectivity index (χ0v) is 23.1. The molecule has 0 aromatic heterocycles. The highest BCUT2D eigenvalue weighted by atomic mass is 16.6. The van der Waals surface area contributed by atoms with Crippen LogP contribution in [0, 0.1) is 22.7 Å². The molecule has 4 nitrogen and oxygen atoms in total. The lowest BCUT2D eigenvalue weighted by Crippen LogP contribution is -2.62. The van der Waals surface area contributed by atoms with E-state index < -0.39 is 29.6 Å². The molecule has 5 atom stereocenters. The van der Waals surface area contributed by atoms with Gasteiger partial charge in [0.05, 0.1) is 11.1 Å². The second-order valence-electron chi connectivity index (χ2n) is 11.7. The molecule has 2 saturated carbocycles. The third-order valence-electron chi connectivity index (χ3n) is 8.96. The number of hydrogen-bond acceptors (Lipinski definition) is 4. The van der Waals surface area contributed by atoms with Crippen LogP contribution in [0.4, 0.5) is 0 Å². The van der Waals surface area contributed by atoms with Crippen LogP contribution >= 0.6 is 0 Å². The second-order valence-corrected chi connectivity index (χ2v) is 11.7. The number of esters is 2. The Kier molecular flexibility index (Phi) is 8.10. The number of fused-ring (bicyclic) bond motifs is 1. The largest absolute Gasteiger partial charge is 0.455 e. The van der Waals surface area contributed by atoms with E-state index in [1.807, 2.05) is 42.5 Å². The van der Waals surface area contributed by atoms with Crippen LogP contribution in [0.1, 0.15) is 74.1 Å². The Hall–Kier alpha value is -3.40. The van der Waals surface area contributed by atoms with E-state index in [2.05, 4.69) is 46.9 Å². The molecular formula is C34H40O4. The van der Waals surface area contributed by atoms with Crippen molar-refractivity contribution in [2.45, 2.75) is 65.6 Å². The van der Waals surface area contributed by atoms with Crippen LogP contribution < -0.4 is 0 Å². The molecule has 4 heteroatoms. The molecule has 0 radical (unpaired) electrons. The topological polar surface area (TPSA) is 52.6 Å². The monoisotopic (exact) mass is 512 g/mol.